The number of halogens is 1. The molecular weight excluding hydrogens is 530 g/mol. The minimum Gasteiger partial charge on any atom is -0.392 e. The molecular formula is C26H28BrN3O4S. The summed E-state index contributed by atoms with van der Waals surface area (Å²) in [6, 6.07) is 9.07. The highest BCUT2D eigenvalue weighted by Crippen LogP contribution is 2.37. The molecule has 7 nitrogen and oxygen atoms in total. The summed E-state index contributed by atoms with van der Waals surface area (Å²) in [6.07, 6.45) is 8.33. The van der Waals surface area contributed by atoms with E-state index in [1.807, 2.05) is 37.3 Å². The molecule has 2 atom stereocenters. The highest BCUT2D eigenvalue weighted by atomic mass is 79.9. The second-order valence-electron chi connectivity index (χ2n) is 9.23. The number of carbonyl (C=O) groups is 1. The number of carbonyl (C=O) groups excluding carboxylic acids is 1. The van der Waals surface area contributed by atoms with E-state index in [1.54, 1.807) is 51.5 Å². The predicted molar refractivity (Wildman–Crippen MR) is 142 cm³/mol. The van der Waals surface area contributed by atoms with E-state index in [1.165, 1.54) is 8.87 Å². The van der Waals surface area contributed by atoms with E-state index in [0.717, 1.165) is 15.6 Å². The molecule has 0 aliphatic heterocycles. The SMILES string of the molecule is Cc1cc(-c2cn(S(=O)(=O)C3(C)C=C(Br)C=CC3)c3ncccc23)ccc1C(=O)N(C)C[C@@H](C)O. The van der Waals surface area contributed by atoms with Crippen molar-refractivity contribution < 1.29 is 18.3 Å². The Labute approximate surface area is 214 Å². The van der Waals surface area contributed by atoms with Gasteiger partial charge in [-0.1, -0.05) is 40.2 Å². The molecule has 1 N–H and O–H groups in total. The zero-order chi connectivity index (χ0) is 25.5. The normalized spacial score (nSPS) is 19.0. The maximum atomic E-state index is 13.8. The van der Waals surface area contributed by atoms with Gasteiger partial charge < -0.3 is 10.0 Å². The molecule has 1 aromatic carbocycles. The van der Waals surface area contributed by atoms with E-state index in [4.69, 9.17) is 0 Å². The summed E-state index contributed by atoms with van der Waals surface area (Å²) < 4.78 is 28.5. The lowest BCUT2D eigenvalue weighted by Gasteiger charge is -2.27. The van der Waals surface area contributed by atoms with E-state index in [0.29, 0.717) is 28.6 Å². The van der Waals surface area contributed by atoms with Crippen molar-refractivity contribution in [1.29, 1.82) is 0 Å². The number of aliphatic hydroxyl groups excluding tert-OH is 1. The van der Waals surface area contributed by atoms with Crippen LogP contribution in [0.15, 0.2) is 65.4 Å². The van der Waals surface area contributed by atoms with Gasteiger partial charge in [0.05, 0.1) is 6.10 Å². The van der Waals surface area contributed by atoms with E-state index >= 15 is 0 Å². The average Bonchev–Trinajstić information content (AvgIpc) is 3.18. The van der Waals surface area contributed by atoms with Crippen LogP contribution in [0.1, 0.15) is 36.2 Å². The lowest BCUT2D eigenvalue weighted by atomic mass is 9.99. The van der Waals surface area contributed by atoms with Crippen LogP contribution in [0.3, 0.4) is 0 Å². The number of hydrogen-bond donors (Lipinski definition) is 1. The average molecular weight is 558 g/mol. The van der Waals surface area contributed by atoms with Crippen LogP contribution < -0.4 is 0 Å². The minimum atomic E-state index is -3.85. The van der Waals surface area contributed by atoms with Crippen LogP contribution in [0.25, 0.3) is 22.2 Å². The number of fused-ring (bicyclic) bond motifs is 1. The topological polar surface area (TPSA) is 92.5 Å². The van der Waals surface area contributed by atoms with Crippen LogP contribution in [-0.4, -0.2) is 57.7 Å². The molecule has 0 saturated heterocycles. The predicted octanol–water partition coefficient (Wildman–Crippen LogP) is 4.64. The van der Waals surface area contributed by atoms with Gasteiger partial charge in [0.1, 0.15) is 4.75 Å². The Bertz CT molecular complexity index is 1470. The molecule has 1 aliphatic carbocycles. The lowest BCUT2D eigenvalue weighted by molar-refractivity contribution is 0.0703. The van der Waals surface area contributed by atoms with Crippen LogP contribution in [0, 0.1) is 6.92 Å². The number of aromatic nitrogens is 2. The molecule has 2 aromatic heterocycles. The summed E-state index contributed by atoms with van der Waals surface area (Å²) in [5.74, 6) is -0.183. The van der Waals surface area contributed by atoms with E-state index in [-0.39, 0.29) is 12.5 Å². The Morgan fingerprint density at radius 2 is 2.09 bits per heavy atom. The first kappa shape index (κ1) is 25.3. The van der Waals surface area contributed by atoms with Gasteiger partial charge in [0, 0.05) is 47.0 Å². The van der Waals surface area contributed by atoms with Gasteiger partial charge in [0.2, 0.25) is 10.0 Å². The first-order valence-electron chi connectivity index (χ1n) is 11.3. The molecule has 9 heteroatoms. The molecule has 2 heterocycles. The summed E-state index contributed by atoms with van der Waals surface area (Å²) in [6.45, 7) is 5.42. The van der Waals surface area contributed by atoms with Crippen molar-refractivity contribution >= 4 is 42.9 Å². The minimum absolute atomic E-state index is 0.183. The van der Waals surface area contributed by atoms with Crippen molar-refractivity contribution in [2.24, 2.45) is 0 Å². The number of allylic oxidation sites excluding steroid dienone is 3. The van der Waals surface area contributed by atoms with Crippen LogP contribution in [0.4, 0.5) is 0 Å². The number of nitrogens with zero attached hydrogens (tertiary/aromatic N) is 3. The standard InChI is InChI=1S/C26H28BrN3O4S/c1-17-13-19(9-10-21(17)25(32)29(4)15-18(2)31)23-16-30(24-22(23)8-6-12-28-24)35(33,34)26(3)11-5-7-20(27)14-26/h5-10,12-14,16,18,31H,11,15H2,1-4H3/t18-,26?/m1/s1. The molecule has 0 fully saturated rings. The molecule has 0 bridgehead atoms. The Balaban J connectivity index is 1.81. The van der Waals surface area contributed by atoms with E-state index in [9.17, 15) is 18.3 Å². The number of rotatable bonds is 6. The third kappa shape index (κ3) is 4.60. The maximum Gasteiger partial charge on any atom is 0.253 e. The zero-order valence-electron chi connectivity index (χ0n) is 20.1. The molecule has 35 heavy (non-hydrogen) atoms. The van der Waals surface area contributed by atoms with Gasteiger partial charge in [0.25, 0.3) is 5.91 Å². The number of benzene rings is 1. The van der Waals surface area contributed by atoms with E-state index in [2.05, 4.69) is 20.9 Å². The van der Waals surface area contributed by atoms with Crippen LogP contribution >= 0.6 is 15.9 Å². The third-order valence-corrected chi connectivity index (χ3v) is 9.03. The summed E-state index contributed by atoms with van der Waals surface area (Å²) in [7, 11) is -2.20. The van der Waals surface area contributed by atoms with Gasteiger partial charge in [-0.05, 0) is 62.6 Å². The Kier molecular flexibility index (Phi) is 6.78. The number of pyridine rings is 1. The lowest BCUT2D eigenvalue weighted by Crippen LogP contribution is -2.38. The maximum absolute atomic E-state index is 13.8. The van der Waals surface area contributed by atoms with Gasteiger partial charge >= 0.3 is 0 Å². The van der Waals surface area contributed by atoms with Crippen molar-refractivity contribution in [3.8, 4) is 11.1 Å². The van der Waals surface area contributed by atoms with Gasteiger partial charge in [-0.25, -0.2) is 17.4 Å². The van der Waals surface area contributed by atoms with Crippen molar-refractivity contribution in [3.63, 3.8) is 0 Å². The van der Waals surface area contributed by atoms with Crippen LogP contribution in [0.5, 0.6) is 0 Å². The number of aliphatic hydroxyl groups is 1. The highest BCUT2D eigenvalue weighted by molar-refractivity contribution is 9.11. The Hall–Kier alpha value is -2.75. The second kappa shape index (κ2) is 9.37. The number of aryl methyl sites for hydroxylation is 1. The quantitative estimate of drug-likeness (QED) is 0.476. The fourth-order valence-electron chi connectivity index (χ4n) is 4.41. The molecule has 0 radical (unpaired) electrons. The molecule has 3 aromatic rings. The summed E-state index contributed by atoms with van der Waals surface area (Å²) in [5, 5.41) is 10.3. The molecule has 1 aliphatic rings. The fourth-order valence-corrected chi connectivity index (χ4v) is 6.90. The van der Waals surface area contributed by atoms with Gasteiger partial charge in [0.15, 0.2) is 5.65 Å². The first-order valence-corrected chi connectivity index (χ1v) is 13.5. The molecule has 1 amide bonds. The molecule has 184 valence electrons. The van der Waals surface area contributed by atoms with Gasteiger partial charge in [-0.3, -0.25) is 4.79 Å². The van der Waals surface area contributed by atoms with Gasteiger partial charge in [-0.2, -0.15) is 0 Å². The zero-order valence-corrected chi connectivity index (χ0v) is 22.5. The molecule has 0 spiro atoms. The second-order valence-corrected chi connectivity index (χ2v) is 12.4. The Morgan fingerprint density at radius 1 is 1.34 bits per heavy atom. The molecule has 4 rings (SSSR count). The Morgan fingerprint density at radius 3 is 2.74 bits per heavy atom. The van der Waals surface area contributed by atoms with Crippen molar-refractivity contribution in [2.45, 2.75) is 38.0 Å². The van der Waals surface area contributed by atoms with Crippen molar-refractivity contribution in [1.82, 2.24) is 13.9 Å². The smallest absolute Gasteiger partial charge is 0.253 e. The summed E-state index contributed by atoms with van der Waals surface area (Å²) in [4.78, 5) is 18.7. The van der Waals surface area contributed by atoms with Crippen molar-refractivity contribution in [3.05, 3.63) is 76.6 Å². The first-order chi connectivity index (χ1) is 16.4. The molecule has 0 saturated carbocycles. The highest BCUT2D eigenvalue weighted by Gasteiger charge is 2.40. The fraction of sp³-hybridized carbons (Fsp3) is 0.308. The summed E-state index contributed by atoms with van der Waals surface area (Å²) in [5.41, 5.74) is 3.15. The van der Waals surface area contributed by atoms with Crippen LogP contribution in [-0.2, 0) is 10.0 Å². The molecule has 1 unspecified atom stereocenters. The largest absolute Gasteiger partial charge is 0.392 e. The van der Waals surface area contributed by atoms with Crippen molar-refractivity contribution in [2.75, 3.05) is 13.6 Å². The van der Waals surface area contributed by atoms with E-state index < -0.39 is 20.9 Å². The monoisotopic (exact) mass is 557 g/mol. The summed E-state index contributed by atoms with van der Waals surface area (Å²) >= 11 is 3.41. The number of amides is 1. The third-order valence-electron chi connectivity index (χ3n) is 6.28. The van der Waals surface area contributed by atoms with Gasteiger partial charge in [-0.15, -0.1) is 0 Å². The number of hydrogen-bond acceptors (Lipinski definition) is 5. The number of likely N-dealkylation sites (N-methyl/N-ethyl adjacent to an activating group) is 1. The van der Waals surface area contributed by atoms with Crippen LogP contribution in [0.2, 0.25) is 0 Å².